The summed E-state index contributed by atoms with van der Waals surface area (Å²) in [5.41, 5.74) is 1.20. The van der Waals surface area contributed by atoms with Gasteiger partial charge in [-0.25, -0.2) is 8.42 Å². The number of rotatable bonds is 11. The smallest absolute Gasteiger partial charge is 0.194 e. The largest absolute Gasteiger partial charge is 0.378 e. The highest BCUT2D eigenvalue weighted by molar-refractivity contribution is 7.90. The van der Waals surface area contributed by atoms with Crippen LogP contribution in [0, 0.1) is 5.92 Å². The van der Waals surface area contributed by atoms with Gasteiger partial charge in [0.15, 0.2) is 5.96 Å². The molecule has 1 aromatic carbocycles. The number of sulfone groups is 1. The van der Waals surface area contributed by atoms with Gasteiger partial charge in [-0.05, 0) is 18.9 Å². The van der Waals surface area contributed by atoms with Crippen molar-refractivity contribution in [2.75, 3.05) is 58.0 Å². The molecule has 158 valence electrons. The number of ether oxygens (including phenoxy) is 2. The molecular formula is C20H33N3O4S. The molecule has 1 aliphatic heterocycles. The maximum absolute atomic E-state index is 11.1. The number of hydrogen-bond acceptors (Lipinski definition) is 5. The van der Waals surface area contributed by atoms with Crippen LogP contribution in [0.25, 0.3) is 0 Å². The molecule has 1 N–H and O–H groups in total. The predicted octanol–water partition coefficient (Wildman–Crippen LogP) is 1.55. The van der Waals surface area contributed by atoms with Crippen molar-refractivity contribution in [3.8, 4) is 0 Å². The molecule has 1 atom stereocenters. The van der Waals surface area contributed by atoms with Gasteiger partial charge in [0, 0.05) is 31.8 Å². The van der Waals surface area contributed by atoms with E-state index >= 15 is 0 Å². The van der Waals surface area contributed by atoms with E-state index < -0.39 is 9.84 Å². The zero-order chi connectivity index (χ0) is 20.2. The molecule has 0 aliphatic carbocycles. The molecule has 7 nitrogen and oxygen atoms in total. The summed E-state index contributed by atoms with van der Waals surface area (Å²) in [6.45, 7) is 7.29. The molecule has 0 spiro atoms. The Hall–Kier alpha value is -1.64. The Morgan fingerprint density at radius 2 is 2.04 bits per heavy atom. The predicted molar refractivity (Wildman–Crippen MR) is 112 cm³/mol. The second kappa shape index (κ2) is 12.0. The van der Waals surface area contributed by atoms with Gasteiger partial charge in [0.05, 0.1) is 38.7 Å². The summed E-state index contributed by atoms with van der Waals surface area (Å²) < 4.78 is 33.4. The zero-order valence-corrected chi connectivity index (χ0v) is 17.8. The normalized spacial score (nSPS) is 17.9. The van der Waals surface area contributed by atoms with Crippen molar-refractivity contribution in [2.24, 2.45) is 10.9 Å². The summed E-state index contributed by atoms with van der Waals surface area (Å²) in [6.07, 6.45) is 2.30. The molecule has 0 aromatic heterocycles. The maximum atomic E-state index is 11.1. The van der Waals surface area contributed by atoms with Crippen LogP contribution in [0.5, 0.6) is 0 Å². The topological polar surface area (TPSA) is 80.2 Å². The molecule has 0 amide bonds. The number of likely N-dealkylation sites (tertiary alicyclic amines) is 1. The van der Waals surface area contributed by atoms with Gasteiger partial charge in [-0.1, -0.05) is 30.3 Å². The SMILES string of the molecule is CCNC(=NCCOCCS(C)(=O)=O)N1CCC(COCc2ccccc2)C1. The van der Waals surface area contributed by atoms with Crippen molar-refractivity contribution >= 4 is 15.8 Å². The van der Waals surface area contributed by atoms with Crippen LogP contribution < -0.4 is 5.32 Å². The lowest BCUT2D eigenvalue weighted by Gasteiger charge is -2.21. The Bertz CT molecular complexity index is 695. The van der Waals surface area contributed by atoms with Gasteiger partial charge in [0.25, 0.3) is 0 Å². The Kier molecular flexibility index (Phi) is 9.73. The van der Waals surface area contributed by atoms with Gasteiger partial charge < -0.3 is 19.7 Å². The van der Waals surface area contributed by atoms with E-state index in [9.17, 15) is 8.42 Å². The maximum Gasteiger partial charge on any atom is 0.194 e. The first-order valence-corrected chi connectivity index (χ1v) is 11.9. The summed E-state index contributed by atoms with van der Waals surface area (Å²) in [5.74, 6) is 1.44. The Balaban J connectivity index is 1.69. The third kappa shape index (κ3) is 9.03. The van der Waals surface area contributed by atoms with Gasteiger partial charge in [-0.15, -0.1) is 0 Å². The van der Waals surface area contributed by atoms with Crippen LogP contribution in [0.15, 0.2) is 35.3 Å². The van der Waals surface area contributed by atoms with Crippen molar-refractivity contribution in [1.29, 1.82) is 0 Å². The summed E-state index contributed by atoms with van der Waals surface area (Å²) in [4.78, 5) is 6.87. The van der Waals surface area contributed by atoms with E-state index in [0.29, 0.717) is 25.7 Å². The third-order valence-corrected chi connectivity index (χ3v) is 5.39. The van der Waals surface area contributed by atoms with Crippen LogP contribution in [0.3, 0.4) is 0 Å². The lowest BCUT2D eigenvalue weighted by molar-refractivity contribution is 0.0906. The van der Waals surface area contributed by atoms with Gasteiger partial charge in [-0.3, -0.25) is 4.99 Å². The monoisotopic (exact) mass is 411 g/mol. The number of hydrogen-bond donors (Lipinski definition) is 1. The van der Waals surface area contributed by atoms with Crippen molar-refractivity contribution in [2.45, 2.75) is 20.0 Å². The Morgan fingerprint density at radius 1 is 1.25 bits per heavy atom. The van der Waals surface area contributed by atoms with E-state index in [1.807, 2.05) is 18.2 Å². The van der Waals surface area contributed by atoms with Gasteiger partial charge in [-0.2, -0.15) is 0 Å². The van der Waals surface area contributed by atoms with Crippen LogP contribution in [0.2, 0.25) is 0 Å². The summed E-state index contributed by atoms with van der Waals surface area (Å²) >= 11 is 0. The van der Waals surface area contributed by atoms with Crippen LogP contribution in [0.1, 0.15) is 18.9 Å². The quantitative estimate of drug-likeness (QED) is 0.338. The third-order valence-electron chi connectivity index (χ3n) is 4.48. The zero-order valence-electron chi connectivity index (χ0n) is 17.0. The molecule has 1 aromatic rings. The second-order valence-electron chi connectivity index (χ2n) is 7.08. The number of aliphatic imine (C=N–C) groups is 1. The molecule has 1 saturated heterocycles. The minimum Gasteiger partial charge on any atom is -0.378 e. The van der Waals surface area contributed by atoms with Crippen molar-refractivity contribution in [1.82, 2.24) is 10.2 Å². The first-order chi connectivity index (χ1) is 13.5. The Morgan fingerprint density at radius 3 is 2.75 bits per heavy atom. The fraction of sp³-hybridized carbons (Fsp3) is 0.650. The second-order valence-corrected chi connectivity index (χ2v) is 9.34. The van der Waals surface area contributed by atoms with Crippen LogP contribution >= 0.6 is 0 Å². The average Bonchev–Trinajstić information content (AvgIpc) is 3.12. The van der Waals surface area contributed by atoms with Crippen molar-refractivity contribution < 1.29 is 17.9 Å². The molecule has 1 aliphatic rings. The van der Waals surface area contributed by atoms with Crippen LogP contribution in [-0.4, -0.2) is 77.3 Å². The lowest BCUT2D eigenvalue weighted by Crippen LogP contribution is -2.40. The molecule has 28 heavy (non-hydrogen) atoms. The highest BCUT2D eigenvalue weighted by Crippen LogP contribution is 2.17. The summed E-state index contributed by atoms with van der Waals surface area (Å²) in [5, 5.41) is 3.33. The number of guanidine groups is 1. The number of nitrogens with one attached hydrogen (secondary N) is 1. The van der Waals surface area contributed by atoms with Crippen LogP contribution in [0.4, 0.5) is 0 Å². The fourth-order valence-corrected chi connectivity index (χ4v) is 3.45. The molecular weight excluding hydrogens is 378 g/mol. The van der Waals surface area contributed by atoms with E-state index in [-0.39, 0.29) is 12.4 Å². The minimum atomic E-state index is -2.97. The van der Waals surface area contributed by atoms with Crippen LogP contribution in [-0.2, 0) is 25.9 Å². The highest BCUT2D eigenvalue weighted by atomic mass is 32.2. The lowest BCUT2D eigenvalue weighted by atomic mass is 10.1. The molecule has 1 unspecified atom stereocenters. The van der Waals surface area contributed by atoms with E-state index in [0.717, 1.165) is 38.6 Å². The minimum absolute atomic E-state index is 0.0492. The molecule has 1 fully saturated rings. The molecule has 0 saturated carbocycles. The molecule has 0 radical (unpaired) electrons. The highest BCUT2D eigenvalue weighted by Gasteiger charge is 2.24. The van der Waals surface area contributed by atoms with Gasteiger partial charge in [0.2, 0.25) is 0 Å². The van der Waals surface area contributed by atoms with E-state index in [2.05, 4.69) is 34.3 Å². The van der Waals surface area contributed by atoms with E-state index in [1.54, 1.807) is 0 Å². The molecule has 1 heterocycles. The molecule has 0 bridgehead atoms. The summed E-state index contributed by atoms with van der Waals surface area (Å²) in [7, 11) is -2.97. The van der Waals surface area contributed by atoms with E-state index in [4.69, 9.17) is 9.47 Å². The standard InChI is InChI=1S/C20H33N3O4S/c1-3-21-20(22-10-12-26-13-14-28(2,24)25)23-11-9-19(15-23)17-27-16-18-7-5-4-6-8-18/h4-8,19H,3,9-17H2,1-2H3,(H,21,22). The van der Waals surface area contributed by atoms with Gasteiger partial charge >= 0.3 is 0 Å². The number of nitrogens with zero attached hydrogens (tertiary/aromatic N) is 2. The average molecular weight is 412 g/mol. The van der Waals surface area contributed by atoms with Gasteiger partial charge in [0.1, 0.15) is 9.84 Å². The van der Waals surface area contributed by atoms with Crippen molar-refractivity contribution in [3.63, 3.8) is 0 Å². The molecule has 2 rings (SSSR count). The Labute approximate surface area is 169 Å². The first-order valence-electron chi connectivity index (χ1n) is 9.88. The van der Waals surface area contributed by atoms with E-state index in [1.165, 1.54) is 11.8 Å². The van der Waals surface area contributed by atoms with Crippen molar-refractivity contribution in [3.05, 3.63) is 35.9 Å². The fourth-order valence-electron chi connectivity index (χ4n) is 3.03. The molecule has 8 heteroatoms. The first kappa shape index (κ1) is 22.6. The number of benzene rings is 1. The summed E-state index contributed by atoms with van der Waals surface area (Å²) in [6, 6.07) is 10.2.